The van der Waals surface area contributed by atoms with Gasteiger partial charge in [-0.05, 0) is 6.07 Å². The molecule has 0 saturated carbocycles. The summed E-state index contributed by atoms with van der Waals surface area (Å²) in [6.45, 7) is 0.931. The van der Waals surface area contributed by atoms with Gasteiger partial charge in [0.15, 0.2) is 17.8 Å². The van der Waals surface area contributed by atoms with E-state index in [-0.39, 0.29) is 11.4 Å². The van der Waals surface area contributed by atoms with Gasteiger partial charge in [0.05, 0.1) is 49.7 Å². The number of nitro benzene ring substituents is 1. The molecule has 0 unspecified atom stereocenters. The van der Waals surface area contributed by atoms with E-state index < -0.39 is 11.2 Å². The zero-order valence-corrected chi connectivity index (χ0v) is 13.2. The highest BCUT2D eigenvalue weighted by molar-refractivity contribution is 5.77. The Labute approximate surface area is 138 Å². The lowest BCUT2D eigenvalue weighted by atomic mass is 10.0. The smallest absolute Gasteiger partial charge is 0.282 e. The van der Waals surface area contributed by atoms with Crippen molar-refractivity contribution in [2.24, 2.45) is 0 Å². The fourth-order valence-electron chi connectivity index (χ4n) is 2.58. The van der Waals surface area contributed by atoms with Crippen LogP contribution in [0.2, 0.25) is 0 Å². The van der Waals surface area contributed by atoms with Gasteiger partial charge in [-0.3, -0.25) is 15.1 Å². The summed E-state index contributed by atoms with van der Waals surface area (Å²) in [4.78, 5) is 15.3. The van der Waals surface area contributed by atoms with E-state index in [2.05, 4.69) is 4.98 Å². The predicted octanol–water partition coefficient (Wildman–Crippen LogP) is 2.72. The molecule has 0 atom stereocenters. The number of nitro groups is 1. The minimum absolute atomic E-state index is 0.134. The predicted molar refractivity (Wildman–Crippen MR) is 84.1 cm³/mol. The number of hydrogen-bond donors (Lipinski definition) is 0. The fraction of sp³-hybridized carbons (Fsp3) is 0.312. The maximum atomic E-state index is 11.5. The summed E-state index contributed by atoms with van der Waals surface area (Å²) in [5.74, 6) is 0.654. The van der Waals surface area contributed by atoms with E-state index >= 15 is 0 Å². The molecule has 1 aliphatic heterocycles. The first-order valence-corrected chi connectivity index (χ1v) is 7.24. The van der Waals surface area contributed by atoms with Gasteiger partial charge in [0.2, 0.25) is 0 Å². The van der Waals surface area contributed by atoms with Gasteiger partial charge in [-0.25, -0.2) is 0 Å². The van der Waals surface area contributed by atoms with Crippen LogP contribution in [0.1, 0.15) is 11.9 Å². The number of benzene rings is 1. The zero-order chi connectivity index (χ0) is 17.1. The Morgan fingerprint density at radius 2 is 1.88 bits per heavy atom. The Kier molecular flexibility index (Phi) is 4.59. The molecule has 1 fully saturated rings. The number of methoxy groups -OCH3 is 2. The minimum atomic E-state index is -0.596. The van der Waals surface area contributed by atoms with Crippen molar-refractivity contribution in [3.05, 3.63) is 46.1 Å². The number of nitrogens with zero attached hydrogens (tertiary/aromatic N) is 2. The number of hydrogen-bond acceptors (Lipinski definition) is 7. The second-order valence-corrected chi connectivity index (χ2v) is 5.00. The summed E-state index contributed by atoms with van der Waals surface area (Å²) in [5.41, 5.74) is 1.22. The highest BCUT2D eigenvalue weighted by Crippen LogP contribution is 2.42. The molecule has 8 nitrogen and oxygen atoms in total. The lowest BCUT2D eigenvalue weighted by molar-refractivity contribution is -0.384. The summed E-state index contributed by atoms with van der Waals surface area (Å²) in [6.07, 6.45) is 0.968. The number of pyridine rings is 1. The van der Waals surface area contributed by atoms with Gasteiger partial charge in [0, 0.05) is 17.8 Å². The average molecular weight is 332 g/mol. The maximum absolute atomic E-state index is 11.5. The molecule has 1 saturated heterocycles. The second kappa shape index (κ2) is 6.81. The van der Waals surface area contributed by atoms with E-state index in [1.165, 1.54) is 26.4 Å². The van der Waals surface area contributed by atoms with Crippen molar-refractivity contribution in [3.8, 4) is 22.8 Å². The summed E-state index contributed by atoms with van der Waals surface area (Å²) in [5, 5.41) is 11.5. The van der Waals surface area contributed by atoms with Crippen LogP contribution < -0.4 is 9.47 Å². The Morgan fingerprint density at radius 1 is 1.21 bits per heavy atom. The van der Waals surface area contributed by atoms with Crippen LogP contribution in [-0.4, -0.2) is 37.3 Å². The van der Waals surface area contributed by atoms with Crippen molar-refractivity contribution in [1.82, 2.24) is 4.98 Å². The topological polar surface area (TPSA) is 93.0 Å². The van der Waals surface area contributed by atoms with Crippen LogP contribution >= 0.6 is 0 Å². The van der Waals surface area contributed by atoms with Gasteiger partial charge >= 0.3 is 0 Å². The molecule has 1 aromatic carbocycles. The molecule has 1 aromatic heterocycles. The molecule has 0 N–H and O–H groups in total. The standard InChI is InChI=1S/C16H16N2O6/c1-21-13-8-11(12(18(19)20)9-14(13)22-2)15-10(4-3-5-17-15)16-23-6-7-24-16/h3-5,8-9,16H,6-7H2,1-2H3. The van der Waals surface area contributed by atoms with Crippen molar-refractivity contribution in [3.63, 3.8) is 0 Å². The Hall–Kier alpha value is -2.71. The third kappa shape index (κ3) is 2.89. The van der Waals surface area contributed by atoms with Crippen LogP contribution in [0.25, 0.3) is 11.3 Å². The van der Waals surface area contributed by atoms with Crippen molar-refractivity contribution in [1.29, 1.82) is 0 Å². The highest BCUT2D eigenvalue weighted by Gasteiger charge is 2.28. The molecule has 3 rings (SSSR count). The quantitative estimate of drug-likeness (QED) is 0.614. The van der Waals surface area contributed by atoms with Crippen molar-refractivity contribution < 1.29 is 23.9 Å². The zero-order valence-electron chi connectivity index (χ0n) is 13.2. The van der Waals surface area contributed by atoms with Crippen LogP contribution in [0.4, 0.5) is 5.69 Å². The Balaban J connectivity index is 2.20. The van der Waals surface area contributed by atoms with Crippen molar-refractivity contribution in [2.75, 3.05) is 27.4 Å². The molecule has 2 aromatic rings. The van der Waals surface area contributed by atoms with Crippen LogP contribution in [0.15, 0.2) is 30.5 Å². The van der Waals surface area contributed by atoms with E-state index in [9.17, 15) is 10.1 Å². The molecule has 1 aliphatic rings. The van der Waals surface area contributed by atoms with Gasteiger partial charge in [0.25, 0.3) is 5.69 Å². The Morgan fingerprint density at radius 3 is 2.50 bits per heavy atom. The number of ether oxygens (including phenoxy) is 4. The largest absolute Gasteiger partial charge is 0.493 e. The summed E-state index contributed by atoms with van der Waals surface area (Å²) in [7, 11) is 2.89. The van der Waals surface area contributed by atoms with E-state index in [1.807, 2.05) is 0 Å². The first-order chi connectivity index (χ1) is 11.7. The van der Waals surface area contributed by atoms with Gasteiger partial charge in [-0.1, -0.05) is 6.07 Å². The van der Waals surface area contributed by atoms with E-state index in [0.29, 0.717) is 35.8 Å². The van der Waals surface area contributed by atoms with E-state index in [1.54, 1.807) is 18.3 Å². The summed E-state index contributed by atoms with van der Waals surface area (Å²) < 4.78 is 21.4. The Bertz CT molecular complexity index is 758. The van der Waals surface area contributed by atoms with Crippen LogP contribution in [0, 0.1) is 10.1 Å². The molecule has 8 heteroatoms. The first kappa shape index (κ1) is 16.2. The third-order valence-electron chi connectivity index (χ3n) is 3.67. The van der Waals surface area contributed by atoms with Gasteiger partial charge in [-0.2, -0.15) is 0 Å². The lowest BCUT2D eigenvalue weighted by Gasteiger charge is -2.15. The van der Waals surface area contributed by atoms with Crippen LogP contribution in [0.3, 0.4) is 0 Å². The number of rotatable bonds is 5. The molecule has 0 amide bonds. The molecule has 0 radical (unpaired) electrons. The average Bonchev–Trinajstić information content (AvgIpc) is 3.15. The maximum Gasteiger partial charge on any atom is 0.282 e. The van der Waals surface area contributed by atoms with E-state index in [4.69, 9.17) is 18.9 Å². The molecule has 126 valence electrons. The lowest BCUT2D eigenvalue weighted by Crippen LogP contribution is -2.04. The fourth-order valence-corrected chi connectivity index (χ4v) is 2.58. The van der Waals surface area contributed by atoms with Gasteiger partial charge < -0.3 is 18.9 Å². The molecule has 0 spiro atoms. The monoisotopic (exact) mass is 332 g/mol. The van der Waals surface area contributed by atoms with Gasteiger partial charge in [-0.15, -0.1) is 0 Å². The first-order valence-electron chi connectivity index (χ1n) is 7.24. The van der Waals surface area contributed by atoms with Gasteiger partial charge in [0.1, 0.15) is 0 Å². The van der Waals surface area contributed by atoms with E-state index in [0.717, 1.165) is 0 Å². The molecular formula is C16H16N2O6. The molecule has 24 heavy (non-hydrogen) atoms. The molecule has 2 heterocycles. The SMILES string of the molecule is COc1cc(-c2ncccc2C2OCCO2)c([N+](=O)[O-])cc1OC. The summed E-state index contributed by atoms with van der Waals surface area (Å²) in [6, 6.07) is 6.37. The van der Waals surface area contributed by atoms with Crippen LogP contribution in [0.5, 0.6) is 11.5 Å². The third-order valence-corrected chi connectivity index (χ3v) is 3.67. The summed E-state index contributed by atoms with van der Waals surface area (Å²) >= 11 is 0. The van der Waals surface area contributed by atoms with Crippen molar-refractivity contribution >= 4 is 5.69 Å². The van der Waals surface area contributed by atoms with Crippen LogP contribution in [-0.2, 0) is 9.47 Å². The second-order valence-electron chi connectivity index (χ2n) is 5.00. The molecular weight excluding hydrogens is 316 g/mol. The number of aromatic nitrogens is 1. The molecule has 0 aliphatic carbocycles. The van der Waals surface area contributed by atoms with Crippen molar-refractivity contribution in [2.45, 2.75) is 6.29 Å². The molecule has 0 bridgehead atoms. The highest BCUT2D eigenvalue weighted by atomic mass is 16.7. The minimum Gasteiger partial charge on any atom is -0.493 e. The normalized spacial score (nSPS) is 14.6.